The third kappa shape index (κ3) is 6.85. The fraction of sp³-hybridized carbons (Fsp3) is 0.632. The van der Waals surface area contributed by atoms with Gasteiger partial charge < -0.3 is 19.1 Å². The Bertz CT molecular complexity index is 744. The maximum absolute atomic E-state index is 12.7. The lowest BCUT2D eigenvalue weighted by atomic mass is 9.82. The lowest BCUT2D eigenvalue weighted by Gasteiger charge is -2.35. The van der Waals surface area contributed by atoms with Crippen LogP contribution in [-0.4, -0.2) is 58.4 Å². The maximum Gasteiger partial charge on any atom is 0.516 e. The third-order valence-corrected chi connectivity index (χ3v) is 4.49. The van der Waals surface area contributed by atoms with E-state index in [4.69, 9.17) is 25.8 Å². The van der Waals surface area contributed by atoms with Crippen LogP contribution in [0, 0.1) is 5.92 Å². The predicted octanol–water partition coefficient (Wildman–Crippen LogP) is 3.56. The van der Waals surface area contributed by atoms with E-state index in [0.29, 0.717) is 31.6 Å². The summed E-state index contributed by atoms with van der Waals surface area (Å²) in [5, 5.41) is 0.127. The first-order valence-corrected chi connectivity index (χ1v) is 9.82. The number of amides is 1. The number of esters is 1. The Kier molecular flexibility index (Phi) is 7.78. The van der Waals surface area contributed by atoms with Crippen molar-refractivity contribution in [2.45, 2.75) is 52.1 Å². The highest BCUT2D eigenvalue weighted by Crippen LogP contribution is 2.33. The molecule has 9 nitrogen and oxygen atoms in total. The molecule has 1 fully saturated rings. The average Bonchev–Trinajstić information content (AvgIpc) is 2.61. The molecule has 1 aliphatic heterocycles. The Hall–Kier alpha value is -2.42. The van der Waals surface area contributed by atoms with Crippen molar-refractivity contribution in [3.8, 4) is 0 Å². The van der Waals surface area contributed by atoms with Gasteiger partial charge in [0.1, 0.15) is 16.7 Å². The van der Waals surface area contributed by atoms with Gasteiger partial charge in [0.15, 0.2) is 0 Å². The van der Waals surface area contributed by atoms with Crippen LogP contribution in [0.2, 0.25) is 5.15 Å². The highest BCUT2D eigenvalue weighted by Gasteiger charge is 2.38. The molecule has 0 aromatic carbocycles. The summed E-state index contributed by atoms with van der Waals surface area (Å²) in [5.41, 5.74) is -0.279. The van der Waals surface area contributed by atoms with E-state index in [9.17, 15) is 14.4 Å². The van der Waals surface area contributed by atoms with Crippen molar-refractivity contribution in [2.24, 2.45) is 5.92 Å². The number of hydrogen-bond donors (Lipinski definition) is 0. The molecule has 0 N–H and O–H groups in total. The van der Waals surface area contributed by atoms with E-state index in [0.717, 1.165) is 0 Å². The Balaban J connectivity index is 2.13. The normalized spacial score (nSPS) is 16.1. The van der Waals surface area contributed by atoms with Gasteiger partial charge in [-0.25, -0.2) is 14.6 Å². The SMILES string of the molecule is CCOC(=O)OC(=O)[C@H](c1cncc(Cl)n1)C1CCN(C(=O)OC(C)(C)C)CC1. The molecule has 1 aromatic rings. The van der Waals surface area contributed by atoms with Gasteiger partial charge in [0.05, 0.1) is 18.5 Å². The number of likely N-dealkylation sites (tertiary alicyclic amines) is 1. The minimum absolute atomic E-state index is 0.0853. The van der Waals surface area contributed by atoms with Crippen molar-refractivity contribution in [1.82, 2.24) is 14.9 Å². The highest BCUT2D eigenvalue weighted by atomic mass is 35.5. The molecular weight excluding hydrogens is 402 g/mol. The molecule has 1 aromatic heterocycles. The van der Waals surface area contributed by atoms with Crippen LogP contribution in [0.3, 0.4) is 0 Å². The van der Waals surface area contributed by atoms with E-state index in [1.54, 1.807) is 32.6 Å². The minimum Gasteiger partial charge on any atom is -0.444 e. The molecule has 1 saturated heterocycles. The average molecular weight is 428 g/mol. The van der Waals surface area contributed by atoms with Gasteiger partial charge in [-0.1, -0.05) is 11.6 Å². The second kappa shape index (κ2) is 9.87. The second-order valence-electron chi connectivity index (χ2n) is 7.65. The predicted molar refractivity (Wildman–Crippen MR) is 103 cm³/mol. The summed E-state index contributed by atoms with van der Waals surface area (Å²) in [5.74, 6) is -1.86. The Morgan fingerprint density at radius 1 is 1.24 bits per heavy atom. The number of nitrogens with zero attached hydrogens (tertiary/aromatic N) is 3. The van der Waals surface area contributed by atoms with E-state index in [-0.39, 0.29) is 17.7 Å². The number of piperidine rings is 1. The van der Waals surface area contributed by atoms with Gasteiger partial charge in [0.2, 0.25) is 0 Å². The first kappa shape index (κ1) is 22.9. The zero-order valence-electron chi connectivity index (χ0n) is 17.0. The van der Waals surface area contributed by atoms with Crippen LogP contribution >= 0.6 is 11.6 Å². The first-order valence-electron chi connectivity index (χ1n) is 9.44. The number of ether oxygens (including phenoxy) is 3. The summed E-state index contributed by atoms with van der Waals surface area (Å²) in [6.45, 7) is 7.90. The van der Waals surface area contributed by atoms with Crippen molar-refractivity contribution in [3.63, 3.8) is 0 Å². The van der Waals surface area contributed by atoms with Crippen molar-refractivity contribution < 1.29 is 28.6 Å². The maximum atomic E-state index is 12.7. The fourth-order valence-electron chi connectivity index (χ4n) is 3.10. The van der Waals surface area contributed by atoms with Crippen molar-refractivity contribution in [1.29, 1.82) is 0 Å². The van der Waals surface area contributed by atoms with E-state index in [2.05, 4.69) is 9.97 Å². The largest absolute Gasteiger partial charge is 0.516 e. The molecule has 0 saturated carbocycles. The van der Waals surface area contributed by atoms with Crippen LogP contribution in [-0.2, 0) is 19.0 Å². The van der Waals surface area contributed by atoms with Gasteiger partial charge >= 0.3 is 18.2 Å². The van der Waals surface area contributed by atoms with Gasteiger partial charge in [-0.2, -0.15) is 0 Å². The summed E-state index contributed by atoms with van der Waals surface area (Å²) >= 11 is 5.93. The molecule has 2 rings (SSSR count). The van der Waals surface area contributed by atoms with Gasteiger partial charge in [-0.05, 0) is 46.5 Å². The second-order valence-corrected chi connectivity index (χ2v) is 8.04. The van der Waals surface area contributed by atoms with Crippen molar-refractivity contribution >= 4 is 29.8 Å². The summed E-state index contributed by atoms with van der Waals surface area (Å²) in [4.78, 5) is 46.3. The summed E-state index contributed by atoms with van der Waals surface area (Å²) in [6, 6.07) is 0. The highest BCUT2D eigenvalue weighted by molar-refractivity contribution is 6.29. The number of carbonyl (C=O) groups is 3. The molecule has 1 atom stereocenters. The molecule has 1 aliphatic rings. The number of rotatable bonds is 4. The molecule has 0 bridgehead atoms. The van der Waals surface area contributed by atoms with Gasteiger partial charge in [0.25, 0.3) is 0 Å². The van der Waals surface area contributed by atoms with Gasteiger partial charge in [-0.15, -0.1) is 0 Å². The van der Waals surface area contributed by atoms with Crippen LogP contribution in [0.1, 0.15) is 52.1 Å². The topological polar surface area (TPSA) is 108 Å². The molecular formula is C19H26ClN3O6. The number of carbonyl (C=O) groups excluding carboxylic acids is 3. The molecule has 0 radical (unpaired) electrons. The quantitative estimate of drug-likeness (QED) is 0.530. The molecule has 0 unspecified atom stereocenters. The smallest absolute Gasteiger partial charge is 0.444 e. The standard InChI is InChI=1S/C19H26ClN3O6/c1-5-27-18(26)28-16(24)15(13-10-21-11-14(20)22-13)12-6-8-23(9-7-12)17(25)29-19(2,3)4/h10-12,15H,5-9H2,1-4H3/t15-/m0/s1. The van der Waals surface area contributed by atoms with Crippen LogP contribution in [0.15, 0.2) is 12.4 Å². The molecule has 10 heteroatoms. The molecule has 1 amide bonds. The first-order chi connectivity index (χ1) is 13.6. The number of hydrogen-bond acceptors (Lipinski definition) is 8. The Morgan fingerprint density at radius 3 is 2.45 bits per heavy atom. The Morgan fingerprint density at radius 2 is 1.90 bits per heavy atom. The van der Waals surface area contributed by atoms with Crippen LogP contribution < -0.4 is 0 Å². The number of halogens is 1. The van der Waals surface area contributed by atoms with Gasteiger partial charge in [0, 0.05) is 19.3 Å². The molecule has 0 aliphatic carbocycles. The van der Waals surface area contributed by atoms with E-state index in [1.807, 2.05) is 0 Å². The van der Waals surface area contributed by atoms with Crippen LogP contribution in [0.25, 0.3) is 0 Å². The lowest BCUT2D eigenvalue weighted by molar-refractivity contribution is -0.143. The monoisotopic (exact) mass is 427 g/mol. The van der Waals surface area contributed by atoms with E-state index in [1.165, 1.54) is 12.4 Å². The minimum atomic E-state index is -1.07. The molecule has 2 heterocycles. The van der Waals surface area contributed by atoms with E-state index < -0.39 is 29.7 Å². The summed E-state index contributed by atoms with van der Waals surface area (Å²) in [6.07, 6.45) is 2.30. The van der Waals surface area contributed by atoms with Crippen molar-refractivity contribution in [2.75, 3.05) is 19.7 Å². The third-order valence-electron chi connectivity index (χ3n) is 4.31. The molecule has 0 spiro atoms. The van der Waals surface area contributed by atoms with Gasteiger partial charge in [-0.3, -0.25) is 9.78 Å². The zero-order chi connectivity index (χ0) is 21.6. The molecule has 160 valence electrons. The molecule has 29 heavy (non-hydrogen) atoms. The van der Waals surface area contributed by atoms with Crippen molar-refractivity contribution in [3.05, 3.63) is 23.2 Å². The van der Waals surface area contributed by atoms with E-state index >= 15 is 0 Å². The van der Waals surface area contributed by atoms with Crippen LogP contribution in [0.5, 0.6) is 0 Å². The van der Waals surface area contributed by atoms with Crippen LogP contribution in [0.4, 0.5) is 9.59 Å². The lowest BCUT2D eigenvalue weighted by Crippen LogP contribution is -2.43. The Labute approximate surface area is 174 Å². The zero-order valence-corrected chi connectivity index (χ0v) is 17.8. The summed E-state index contributed by atoms with van der Waals surface area (Å²) < 4.78 is 14.9. The summed E-state index contributed by atoms with van der Waals surface area (Å²) in [7, 11) is 0. The fourth-order valence-corrected chi connectivity index (χ4v) is 3.25. The number of aromatic nitrogens is 2.